The van der Waals surface area contributed by atoms with Crippen LogP contribution in [0.25, 0.3) is 0 Å². The molecule has 0 aliphatic heterocycles. The highest BCUT2D eigenvalue weighted by atomic mass is 35.5. The molecule has 1 aromatic carbocycles. The van der Waals surface area contributed by atoms with Gasteiger partial charge in [0.05, 0.1) is 0 Å². The third-order valence-electron chi connectivity index (χ3n) is 2.67. The summed E-state index contributed by atoms with van der Waals surface area (Å²) in [6.45, 7) is 6.35. The van der Waals surface area contributed by atoms with Crippen molar-refractivity contribution in [1.29, 1.82) is 0 Å². The molecule has 0 aliphatic rings. The standard InChI is InChI=1S/C12H16ClF/c1-4-12(2,3)8-9-10(13)6-5-7-11(9)14/h5-7H,4,8H2,1-3H3. The Bertz CT molecular complexity index is 298. The minimum absolute atomic E-state index is 0.103. The molecule has 0 aromatic heterocycles. The Morgan fingerprint density at radius 3 is 2.50 bits per heavy atom. The van der Waals surface area contributed by atoms with Gasteiger partial charge >= 0.3 is 0 Å². The molecule has 0 atom stereocenters. The lowest BCUT2D eigenvalue weighted by Crippen LogP contribution is -2.14. The summed E-state index contributed by atoms with van der Waals surface area (Å²) in [6, 6.07) is 4.85. The molecule has 1 aromatic rings. The second-order valence-corrected chi connectivity index (χ2v) is 4.80. The zero-order valence-electron chi connectivity index (χ0n) is 8.90. The third-order valence-corrected chi connectivity index (χ3v) is 3.03. The topological polar surface area (TPSA) is 0 Å². The van der Waals surface area contributed by atoms with Gasteiger partial charge in [-0.3, -0.25) is 0 Å². The van der Waals surface area contributed by atoms with Gasteiger partial charge in [-0.15, -0.1) is 0 Å². The quantitative estimate of drug-likeness (QED) is 0.697. The molecule has 0 amide bonds. The molecule has 0 aliphatic carbocycles. The molecule has 0 N–H and O–H groups in total. The molecule has 0 saturated heterocycles. The summed E-state index contributed by atoms with van der Waals surface area (Å²) in [7, 11) is 0. The van der Waals surface area contributed by atoms with E-state index in [-0.39, 0.29) is 11.2 Å². The van der Waals surface area contributed by atoms with Gasteiger partial charge in [0.1, 0.15) is 5.82 Å². The van der Waals surface area contributed by atoms with Crippen molar-refractivity contribution in [1.82, 2.24) is 0 Å². The van der Waals surface area contributed by atoms with Crippen molar-refractivity contribution in [3.8, 4) is 0 Å². The van der Waals surface area contributed by atoms with Crippen LogP contribution in [0.2, 0.25) is 5.02 Å². The summed E-state index contributed by atoms with van der Waals surface area (Å²) in [5.74, 6) is -0.195. The molecule has 0 unspecified atom stereocenters. The maximum atomic E-state index is 13.4. The van der Waals surface area contributed by atoms with E-state index in [9.17, 15) is 4.39 Å². The lowest BCUT2D eigenvalue weighted by Gasteiger charge is -2.23. The molecule has 0 fully saturated rings. The zero-order chi connectivity index (χ0) is 10.8. The summed E-state index contributed by atoms with van der Waals surface area (Å²) >= 11 is 5.95. The lowest BCUT2D eigenvalue weighted by atomic mass is 9.83. The Morgan fingerprint density at radius 2 is 2.00 bits per heavy atom. The Labute approximate surface area is 90.1 Å². The molecule has 14 heavy (non-hydrogen) atoms. The number of hydrogen-bond acceptors (Lipinski definition) is 0. The normalized spacial score (nSPS) is 11.8. The SMILES string of the molecule is CCC(C)(C)Cc1c(F)cccc1Cl. The van der Waals surface area contributed by atoms with E-state index in [1.807, 2.05) is 0 Å². The molecular formula is C12H16ClF. The number of hydrogen-bond donors (Lipinski definition) is 0. The van der Waals surface area contributed by atoms with Crippen LogP contribution in [0.15, 0.2) is 18.2 Å². The van der Waals surface area contributed by atoms with Gasteiger partial charge < -0.3 is 0 Å². The molecule has 0 spiro atoms. The predicted molar refractivity (Wildman–Crippen MR) is 59.2 cm³/mol. The van der Waals surface area contributed by atoms with Crippen molar-refractivity contribution in [3.05, 3.63) is 34.6 Å². The van der Waals surface area contributed by atoms with Crippen molar-refractivity contribution in [2.45, 2.75) is 33.6 Å². The Morgan fingerprint density at radius 1 is 1.36 bits per heavy atom. The minimum atomic E-state index is -0.195. The largest absolute Gasteiger partial charge is 0.207 e. The highest BCUT2D eigenvalue weighted by Gasteiger charge is 2.19. The van der Waals surface area contributed by atoms with Crippen LogP contribution in [0.5, 0.6) is 0 Å². The van der Waals surface area contributed by atoms with Crippen molar-refractivity contribution in [2.75, 3.05) is 0 Å². The highest BCUT2D eigenvalue weighted by molar-refractivity contribution is 6.31. The van der Waals surface area contributed by atoms with E-state index >= 15 is 0 Å². The number of benzene rings is 1. The van der Waals surface area contributed by atoms with Gasteiger partial charge in [-0.05, 0) is 24.0 Å². The fraction of sp³-hybridized carbons (Fsp3) is 0.500. The smallest absolute Gasteiger partial charge is 0.127 e. The average Bonchev–Trinajstić information content (AvgIpc) is 2.12. The summed E-state index contributed by atoms with van der Waals surface area (Å²) in [4.78, 5) is 0. The third kappa shape index (κ3) is 2.71. The molecular weight excluding hydrogens is 199 g/mol. The van der Waals surface area contributed by atoms with Crippen molar-refractivity contribution in [3.63, 3.8) is 0 Å². The van der Waals surface area contributed by atoms with E-state index in [4.69, 9.17) is 11.6 Å². The summed E-state index contributed by atoms with van der Waals surface area (Å²) in [5.41, 5.74) is 0.743. The second-order valence-electron chi connectivity index (χ2n) is 4.39. The van der Waals surface area contributed by atoms with Gasteiger partial charge in [0.2, 0.25) is 0 Å². The first-order valence-electron chi connectivity index (χ1n) is 4.89. The van der Waals surface area contributed by atoms with Crippen molar-refractivity contribution in [2.24, 2.45) is 5.41 Å². The fourth-order valence-corrected chi connectivity index (χ4v) is 1.53. The second kappa shape index (κ2) is 4.31. The molecule has 0 heterocycles. The van der Waals surface area contributed by atoms with E-state index in [2.05, 4.69) is 20.8 Å². The van der Waals surface area contributed by atoms with Gasteiger partial charge in [0, 0.05) is 10.6 Å². The Hall–Kier alpha value is -0.560. The van der Waals surface area contributed by atoms with Gasteiger partial charge in [-0.2, -0.15) is 0 Å². The van der Waals surface area contributed by atoms with Crippen LogP contribution >= 0.6 is 11.6 Å². The molecule has 0 saturated carbocycles. The van der Waals surface area contributed by atoms with Gasteiger partial charge in [-0.1, -0.05) is 44.9 Å². The van der Waals surface area contributed by atoms with Crippen LogP contribution in [0.4, 0.5) is 4.39 Å². The summed E-state index contributed by atoms with van der Waals surface area (Å²) in [6.07, 6.45) is 1.70. The van der Waals surface area contributed by atoms with Crippen molar-refractivity contribution >= 4 is 11.6 Å². The Balaban J connectivity index is 2.97. The van der Waals surface area contributed by atoms with Crippen LogP contribution in [0.1, 0.15) is 32.8 Å². The van der Waals surface area contributed by atoms with Crippen LogP contribution in [0, 0.1) is 11.2 Å². The molecule has 78 valence electrons. The molecule has 0 bridgehead atoms. The summed E-state index contributed by atoms with van der Waals surface area (Å²) in [5, 5.41) is 0.534. The van der Waals surface area contributed by atoms with E-state index in [1.54, 1.807) is 12.1 Å². The van der Waals surface area contributed by atoms with Gasteiger partial charge in [0.25, 0.3) is 0 Å². The van der Waals surface area contributed by atoms with E-state index in [1.165, 1.54) is 6.07 Å². The first-order chi connectivity index (χ1) is 6.46. The van der Waals surface area contributed by atoms with Crippen molar-refractivity contribution < 1.29 is 4.39 Å². The first-order valence-corrected chi connectivity index (χ1v) is 5.27. The maximum Gasteiger partial charge on any atom is 0.127 e. The lowest BCUT2D eigenvalue weighted by molar-refractivity contribution is 0.343. The fourth-order valence-electron chi connectivity index (χ4n) is 1.30. The summed E-state index contributed by atoms with van der Waals surface area (Å²) < 4.78 is 13.4. The minimum Gasteiger partial charge on any atom is -0.207 e. The van der Waals surface area contributed by atoms with Crippen LogP contribution in [-0.4, -0.2) is 0 Å². The van der Waals surface area contributed by atoms with Gasteiger partial charge in [0.15, 0.2) is 0 Å². The molecule has 0 radical (unpaired) electrons. The van der Waals surface area contributed by atoms with E-state index in [0.717, 1.165) is 6.42 Å². The molecule has 0 nitrogen and oxygen atoms in total. The predicted octanol–water partition coefficient (Wildman–Crippen LogP) is 4.46. The first kappa shape index (κ1) is 11.5. The highest BCUT2D eigenvalue weighted by Crippen LogP contribution is 2.30. The average molecular weight is 215 g/mol. The molecule has 2 heteroatoms. The van der Waals surface area contributed by atoms with Crippen LogP contribution < -0.4 is 0 Å². The van der Waals surface area contributed by atoms with Crippen LogP contribution in [0.3, 0.4) is 0 Å². The van der Waals surface area contributed by atoms with Gasteiger partial charge in [-0.25, -0.2) is 4.39 Å². The maximum absolute atomic E-state index is 13.4. The Kier molecular flexibility index (Phi) is 3.54. The monoisotopic (exact) mass is 214 g/mol. The number of halogens is 2. The number of rotatable bonds is 3. The van der Waals surface area contributed by atoms with E-state index in [0.29, 0.717) is 17.0 Å². The molecule has 1 rings (SSSR count). The zero-order valence-corrected chi connectivity index (χ0v) is 9.66. The van der Waals surface area contributed by atoms with E-state index < -0.39 is 0 Å². The van der Waals surface area contributed by atoms with Crippen LogP contribution in [-0.2, 0) is 6.42 Å².